The van der Waals surface area contributed by atoms with Crippen LogP contribution in [0.2, 0.25) is 5.02 Å². The third-order valence-corrected chi connectivity index (χ3v) is 6.45. The van der Waals surface area contributed by atoms with E-state index >= 15 is 0 Å². The molecular formula is C21H26BrClN2O2. The number of halogens is 2. The molecule has 0 fully saturated rings. The third kappa shape index (κ3) is 4.41. The molecule has 1 aromatic carbocycles. The van der Waals surface area contributed by atoms with Gasteiger partial charge in [-0.25, -0.2) is 0 Å². The topological polar surface area (TPSA) is 52.6 Å². The number of aliphatic hydroxyl groups excluding tert-OH is 1. The van der Waals surface area contributed by atoms with Gasteiger partial charge in [-0.3, -0.25) is 4.79 Å². The van der Waals surface area contributed by atoms with Crippen LogP contribution in [0.4, 0.5) is 5.69 Å². The minimum Gasteiger partial charge on any atom is -0.395 e. The van der Waals surface area contributed by atoms with E-state index in [1.54, 1.807) is 0 Å². The normalized spacial score (nSPS) is 24.4. The number of nitrogens with one attached hydrogen (secondary N) is 1. The van der Waals surface area contributed by atoms with Gasteiger partial charge in [0, 0.05) is 40.4 Å². The van der Waals surface area contributed by atoms with Crippen LogP contribution in [0.1, 0.15) is 37.7 Å². The Labute approximate surface area is 174 Å². The Morgan fingerprint density at radius 1 is 1.56 bits per heavy atom. The molecule has 0 bridgehead atoms. The lowest BCUT2D eigenvalue weighted by Crippen LogP contribution is -2.40. The fraction of sp³-hybridized carbons (Fsp3) is 0.476. The maximum atomic E-state index is 13.0. The minimum absolute atomic E-state index is 0.000587. The van der Waals surface area contributed by atoms with E-state index < -0.39 is 0 Å². The molecule has 1 aliphatic carbocycles. The minimum atomic E-state index is -0.321. The molecule has 0 saturated carbocycles. The molecule has 2 N–H and O–H groups in total. The number of fused-ring (bicyclic) bond motifs is 1. The van der Waals surface area contributed by atoms with Gasteiger partial charge >= 0.3 is 0 Å². The molecular weight excluding hydrogens is 428 g/mol. The van der Waals surface area contributed by atoms with E-state index in [0.717, 1.165) is 35.0 Å². The van der Waals surface area contributed by atoms with Crippen molar-refractivity contribution in [1.82, 2.24) is 5.32 Å². The van der Waals surface area contributed by atoms with Gasteiger partial charge in [0.15, 0.2) is 0 Å². The van der Waals surface area contributed by atoms with Crippen molar-refractivity contribution >= 4 is 39.1 Å². The summed E-state index contributed by atoms with van der Waals surface area (Å²) in [6.45, 7) is 7.76. The first-order valence-corrected chi connectivity index (χ1v) is 10.5. The number of carbonyl (C=O) groups excluding carboxylic acids is 1. The number of hydrogen-bond acceptors (Lipinski definition) is 3. The number of rotatable bonds is 6. The Kier molecular flexibility index (Phi) is 6.34. The molecule has 1 heterocycles. The van der Waals surface area contributed by atoms with E-state index in [1.165, 1.54) is 5.57 Å². The smallest absolute Gasteiger partial charge is 0.229 e. The highest BCUT2D eigenvalue weighted by Crippen LogP contribution is 2.43. The van der Waals surface area contributed by atoms with Gasteiger partial charge in [0.05, 0.1) is 12.5 Å². The van der Waals surface area contributed by atoms with Crippen LogP contribution >= 0.6 is 27.5 Å². The second-order valence-corrected chi connectivity index (χ2v) is 9.08. The molecule has 2 atom stereocenters. The molecule has 3 rings (SSSR count). The van der Waals surface area contributed by atoms with Crippen LogP contribution < -0.4 is 10.2 Å². The van der Waals surface area contributed by atoms with Gasteiger partial charge in [-0.05, 0) is 36.8 Å². The Morgan fingerprint density at radius 2 is 2.33 bits per heavy atom. The van der Waals surface area contributed by atoms with Crippen LogP contribution in [0.25, 0.3) is 0 Å². The van der Waals surface area contributed by atoms with Crippen molar-refractivity contribution in [2.45, 2.75) is 32.1 Å². The number of allylic oxidation sites excluding steroid dienone is 3. The maximum absolute atomic E-state index is 13.0. The molecule has 0 radical (unpaired) electrons. The lowest BCUT2D eigenvalue weighted by atomic mass is 9.76. The zero-order valence-electron chi connectivity index (χ0n) is 15.6. The Bertz CT molecular complexity index is 780. The fourth-order valence-corrected chi connectivity index (χ4v) is 4.86. The van der Waals surface area contributed by atoms with E-state index in [-0.39, 0.29) is 23.8 Å². The fourth-order valence-electron chi connectivity index (χ4n) is 3.93. The summed E-state index contributed by atoms with van der Waals surface area (Å²) in [6.07, 6.45) is 7.14. The number of amides is 1. The summed E-state index contributed by atoms with van der Waals surface area (Å²) in [6, 6.07) is 3.79. The van der Waals surface area contributed by atoms with Crippen LogP contribution in [-0.4, -0.2) is 37.3 Å². The van der Waals surface area contributed by atoms with Gasteiger partial charge in [0.1, 0.15) is 0 Å². The predicted molar refractivity (Wildman–Crippen MR) is 114 cm³/mol. The second kappa shape index (κ2) is 8.38. The molecule has 1 amide bonds. The Morgan fingerprint density at radius 3 is 2.96 bits per heavy atom. The maximum Gasteiger partial charge on any atom is 0.229 e. The SMILES string of the molecule is C=CC1=CCC(C)(CNC(=O)C2CN(CCO)c3cc(Br)cc(Cl)c32)CC1. The average Bonchev–Trinajstić information content (AvgIpc) is 3.00. The third-order valence-electron chi connectivity index (χ3n) is 5.68. The van der Waals surface area contributed by atoms with Gasteiger partial charge in [-0.15, -0.1) is 0 Å². The monoisotopic (exact) mass is 452 g/mol. The molecule has 6 heteroatoms. The number of hydrogen-bond donors (Lipinski definition) is 2. The van der Waals surface area contributed by atoms with Crippen LogP contribution in [0, 0.1) is 5.41 Å². The van der Waals surface area contributed by atoms with Crippen molar-refractivity contribution in [2.24, 2.45) is 5.41 Å². The first-order valence-electron chi connectivity index (χ1n) is 9.31. The van der Waals surface area contributed by atoms with Crippen LogP contribution in [0.5, 0.6) is 0 Å². The molecule has 0 spiro atoms. The van der Waals surface area contributed by atoms with Gasteiger partial charge in [0.2, 0.25) is 5.91 Å². The summed E-state index contributed by atoms with van der Waals surface area (Å²) in [7, 11) is 0. The largest absolute Gasteiger partial charge is 0.395 e. The van der Waals surface area contributed by atoms with E-state index in [9.17, 15) is 9.90 Å². The molecule has 27 heavy (non-hydrogen) atoms. The molecule has 2 aliphatic rings. The van der Waals surface area contributed by atoms with E-state index in [0.29, 0.717) is 24.7 Å². The summed E-state index contributed by atoms with van der Waals surface area (Å²) in [5.41, 5.74) is 3.14. The van der Waals surface area contributed by atoms with Crippen molar-refractivity contribution in [1.29, 1.82) is 0 Å². The van der Waals surface area contributed by atoms with E-state index in [4.69, 9.17) is 11.6 Å². The molecule has 0 aromatic heterocycles. The molecule has 146 valence electrons. The summed E-state index contributed by atoms with van der Waals surface area (Å²) >= 11 is 9.94. The number of benzene rings is 1. The summed E-state index contributed by atoms with van der Waals surface area (Å²) < 4.78 is 0.870. The molecule has 1 aromatic rings. The second-order valence-electron chi connectivity index (χ2n) is 7.76. The quantitative estimate of drug-likeness (QED) is 0.670. The van der Waals surface area contributed by atoms with Crippen molar-refractivity contribution in [3.8, 4) is 0 Å². The highest BCUT2D eigenvalue weighted by atomic mass is 79.9. The number of carbonyl (C=O) groups is 1. The zero-order valence-corrected chi connectivity index (χ0v) is 17.9. The summed E-state index contributed by atoms with van der Waals surface area (Å²) in [5, 5.41) is 13.1. The molecule has 1 aliphatic heterocycles. The number of anilines is 1. The van der Waals surface area contributed by atoms with E-state index in [1.807, 2.05) is 23.1 Å². The number of aliphatic hydroxyl groups is 1. The molecule has 0 saturated heterocycles. The van der Waals surface area contributed by atoms with Crippen molar-refractivity contribution in [2.75, 3.05) is 31.1 Å². The number of nitrogens with zero attached hydrogens (tertiary/aromatic N) is 1. The lowest BCUT2D eigenvalue weighted by molar-refractivity contribution is -0.122. The standard InChI is InChI=1S/C21H26BrClN2O2/c1-3-14-4-6-21(2,7-5-14)13-24-20(27)16-12-25(8-9-26)18-11-15(22)10-17(23)19(16)18/h3-4,10-11,16,26H,1,5-9,12-13H2,2H3,(H,24,27). The van der Waals surface area contributed by atoms with E-state index in [2.05, 4.69) is 40.8 Å². The average molecular weight is 454 g/mol. The predicted octanol–water partition coefficient (Wildman–Crippen LogP) is 4.42. The van der Waals surface area contributed by atoms with Crippen molar-refractivity contribution in [3.63, 3.8) is 0 Å². The molecule has 2 unspecified atom stereocenters. The van der Waals surface area contributed by atoms with Crippen LogP contribution in [0.3, 0.4) is 0 Å². The Balaban J connectivity index is 1.73. The van der Waals surface area contributed by atoms with Crippen molar-refractivity contribution < 1.29 is 9.90 Å². The Hall–Kier alpha value is -1.30. The first-order chi connectivity index (χ1) is 12.9. The summed E-state index contributed by atoms with van der Waals surface area (Å²) in [5.74, 6) is -0.320. The van der Waals surface area contributed by atoms with Crippen LogP contribution in [0.15, 0.2) is 40.9 Å². The first kappa shape index (κ1) is 20.4. The highest BCUT2D eigenvalue weighted by Gasteiger charge is 2.36. The lowest BCUT2D eigenvalue weighted by Gasteiger charge is -2.33. The number of β-amino-alcohol motifs (C(OH)–C–C–N with tert-alkyl or cyclic N) is 1. The zero-order chi connectivity index (χ0) is 19.6. The van der Waals surface area contributed by atoms with Gasteiger partial charge in [0.25, 0.3) is 0 Å². The van der Waals surface area contributed by atoms with Gasteiger partial charge in [-0.1, -0.05) is 58.8 Å². The highest BCUT2D eigenvalue weighted by molar-refractivity contribution is 9.10. The molecule has 4 nitrogen and oxygen atoms in total. The van der Waals surface area contributed by atoms with Crippen LogP contribution in [-0.2, 0) is 4.79 Å². The van der Waals surface area contributed by atoms with Gasteiger partial charge < -0.3 is 15.3 Å². The van der Waals surface area contributed by atoms with Gasteiger partial charge in [-0.2, -0.15) is 0 Å². The summed E-state index contributed by atoms with van der Waals surface area (Å²) in [4.78, 5) is 15.0. The van der Waals surface area contributed by atoms with Crippen molar-refractivity contribution in [3.05, 3.63) is 51.5 Å².